The maximum Gasteiger partial charge on any atom is 0.0845 e. The number of hydrogen-bond donors (Lipinski definition) is 0. The van der Waals surface area contributed by atoms with Gasteiger partial charge in [0.05, 0.1) is 22.1 Å². The Kier molecular flexibility index (Phi) is 3.89. The van der Waals surface area contributed by atoms with Crippen LogP contribution in [0.5, 0.6) is 0 Å². The number of benzene rings is 2. The van der Waals surface area contributed by atoms with E-state index < -0.39 is 0 Å². The molecule has 0 radical (unpaired) electrons. The lowest BCUT2D eigenvalue weighted by Gasteiger charge is -2.30. The van der Waals surface area contributed by atoms with Crippen LogP contribution in [0.4, 0.5) is 0 Å². The standard InChI is InChI=1S/C20H20N2S2/c1-21-17(13-9-5-3-6-10-13)15-16(19(21)23)18(22(2)20(15)24)14-11-7-4-8-12-14/h3-12,15-18H,1-2H3. The van der Waals surface area contributed by atoms with Gasteiger partial charge in [-0.2, -0.15) is 0 Å². The van der Waals surface area contributed by atoms with Crippen molar-refractivity contribution in [3.05, 3.63) is 71.8 Å². The Hall–Kier alpha value is -1.78. The van der Waals surface area contributed by atoms with Gasteiger partial charge in [-0.25, -0.2) is 0 Å². The first-order valence-electron chi connectivity index (χ1n) is 8.24. The van der Waals surface area contributed by atoms with Gasteiger partial charge >= 0.3 is 0 Å². The maximum absolute atomic E-state index is 5.88. The summed E-state index contributed by atoms with van der Waals surface area (Å²) in [4.78, 5) is 6.56. The Labute approximate surface area is 154 Å². The molecule has 2 saturated heterocycles. The number of thiocarbonyl (C=S) groups is 2. The Morgan fingerprint density at radius 1 is 0.625 bits per heavy atom. The van der Waals surface area contributed by atoms with Crippen molar-refractivity contribution in [1.29, 1.82) is 0 Å². The van der Waals surface area contributed by atoms with Gasteiger partial charge < -0.3 is 9.80 Å². The minimum atomic E-state index is 0.229. The lowest BCUT2D eigenvalue weighted by molar-refractivity contribution is 0.352. The summed E-state index contributed by atoms with van der Waals surface area (Å²) in [7, 11) is 4.23. The number of nitrogens with zero attached hydrogens (tertiary/aromatic N) is 2. The first-order chi connectivity index (χ1) is 11.6. The van der Waals surface area contributed by atoms with Crippen LogP contribution in [-0.4, -0.2) is 33.9 Å². The number of rotatable bonds is 2. The van der Waals surface area contributed by atoms with E-state index in [1.54, 1.807) is 0 Å². The van der Waals surface area contributed by atoms with Crippen molar-refractivity contribution in [3.8, 4) is 0 Å². The smallest absolute Gasteiger partial charge is 0.0845 e. The fourth-order valence-electron chi connectivity index (χ4n) is 4.36. The molecule has 0 spiro atoms. The molecule has 0 saturated carbocycles. The van der Waals surface area contributed by atoms with Crippen LogP contribution in [-0.2, 0) is 0 Å². The van der Waals surface area contributed by atoms with Crippen LogP contribution in [0.25, 0.3) is 0 Å². The van der Waals surface area contributed by atoms with Gasteiger partial charge in [0.25, 0.3) is 0 Å². The second-order valence-corrected chi connectivity index (χ2v) is 7.50. The molecule has 4 heteroatoms. The molecule has 2 nitrogen and oxygen atoms in total. The van der Waals surface area contributed by atoms with Gasteiger partial charge in [-0.3, -0.25) is 0 Å². The van der Waals surface area contributed by atoms with Crippen molar-refractivity contribution < 1.29 is 0 Å². The molecule has 2 heterocycles. The van der Waals surface area contributed by atoms with Crippen LogP contribution >= 0.6 is 24.4 Å². The van der Waals surface area contributed by atoms with Crippen LogP contribution in [0, 0.1) is 11.8 Å². The summed E-state index contributed by atoms with van der Waals surface area (Å²) in [5.74, 6) is 0.519. The van der Waals surface area contributed by atoms with Crippen molar-refractivity contribution in [2.24, 2.45) is 11.8 Å². The molecule has 4 rings (SSSR count). The molecule has 0 amide bonds. The zero-order valence-corrected chi connectivity index (χ0v) is 15.4. The monoisotopic (exact) mass is 352 g/mol. The zero-order valence-electron chi connectivity index (χ0n) is 13.8. The average molecular weight is 353 g/mol. The van der Waals surface area contributed by atoms with E-state index in [2.05, 4.69) is 84.6 Å². The Balaban J connectivity index is 1.80. The number of hydrogen-bond acceptors (Lipinski definition) is 2. The van der Waals surface area contributed by atoms with Gasteiger partial charge in [0.1, 0.15) is 0 Å². The Bertz CT molecular complexity index is 707. The summed E-state index contributed by atoms with van der Waals surface area (Å²) in [6.07, 6.45) is 0. The van der Waals surface area contributed by atoms with Crippen LogP contribution in [0.2, 0.25) is 0 Å². The highest BCUT2D eigenvalue weighted by Crippen LogP contribution is 2.54. The summed E-state index contributed by atoms with van der Waals surface area (Å²) < 4.78 is 0. The summed E-state index contributed by atoms with van der Waals surface area (Å²) in [5.41, 5.74) is 2.58. The number of fused-ring (bicyclic) bond motifs is 1. The molecule has 0 N–H and O–H groups in total. The summed E-state index contributed by atoms with van der Waals surface area (Å²) in [6, 6.07) is 21.7. The Morgan fingerprint density at radius 2 is 0.958 bits per heavy atom. The van der Waals surface area contributed by atoms with Gasteiger partial charge in [0.2, 0.25) is 0 Å². The molecule has 2 aliphatic heterocycles. The second kappa shape index (κ2) is 5.94. The minimum absolute atomic E-state index is 0.229. The predicted molar refractivity (Wildman–Crippen MR) is 106 cm³/mol. The van der Waals surface area contributed by atoms with Crippen molar-refractivity contribution in [2.45, 2.75) is 12.1 Å². The molecule has 2 aliphatic rings. The van der Waals surface area contributed by atoms with E-state index in [4.69, 9.17) is 24.4 Å². The van der Waals surface area contributed by atoms with Crippen LogP contribution in [0.1, 0.15) is 23.2 Å². The van der Waals surface area contributed by atoms with Crippen molar-refractivity contribution >= 4 is 34.4 Å². The fraction of sp³-hybridized carbons (Fsp3) is 0.300. The summed E-state index contributed by atoms with van der Waals surface area (Å²) >= 11 is 11.8. The molecule has 0 aliphatic carbocycles. The highest BCUT2D eigenvalue weighted by Gasteiger charge is 2.56. The molecule has 4 unspecified atom stereocenters. The van der Waals surface area contributed by atoms with Gasteiger partial charge in [-0.15, -0.1) is 0 Å². The molecular formula is C20H20N2S2. The summed E-state index contributed by atoms with van der Waals surface area (Å²) in [5, 5.41) is 0. The van der Waals surface area contributed by atoms with Gasteiger partial charge in [-0.05, 0) is 11.1 Å². The van der Waals surface area contributed by atoms with Gasteiger partial charge in [0.15, 0.2) is 0 Å². The maximum atomic E-state index is 5.88. The van der Waals surface area contributed by atoms with Crippen LogP contribution in [0.15, 0.2) is 60.7 Å². The molecule has 0 bridgehead atoms. The van der Waals surface area contributed by atoms with E-state index in [-0.39, 0.29) is 23.9 Å². The van der Waals surface area contributed by atoms with E-state index in [9.17, 15) is 0 Å². The van der Waals surface area contributed by atoms with E-state index in [0.717, 1.165) is 9.98 Å². The minimum Gasteiger partial charge on any atom is -0.361 e. The molecule has 2 fully saturated rings. The molecule has 122 valence electrons. The second-order valence-electron chi connectivity index (χ2n) is 6.66. The van der Waals surface area contributed by atoms with Gasteiger partial charge in [0, 0.05) is 25.9 Å². The molecule has 4 atom stereocenters. The lowest BCUT2D eigenvalue weighted by atomic mass is 9.84. The third-order valence-corrected chi connectivity index (χ3v) is 6.57. The highest BCUT2D eigenvalue weighted by atomic mass is 32.1. The lowest BCUT2D eigenvalue weighted by Crippen LogP contribution is -2.33. The Morgan fingerprint density at radius 3 is 1.29 bits per heavy atom. The van der Waals surface area contributed by atoms with Crippen molar-refractivity contribution in [1.82, 2.24) is 9.80 Å². The third-order valence-electron chi connectivity index (χ3n) is 5.45. The zero-order chi connectivity index (χ0) is 16.8. The molecule has 0 aromatic heterocycles. The normalized spacial score (nSPS) is 29.2. The van der Waals surface area contributed by atoms with E-state index in [1.165, 1.54) is 11.1 Å². The first-order valence-corrected chi connectivity index (χ1v) is 9.06. The molecule has 2 aromatic carbocycles. The predicted octanol–water partition coefficient (Wildman–Crippen LogP) is 4.25. The molecular weight excluding hydrogens is 332 g/mol. The third kappa shape index (κ3) is 2.20. The molecule has 24 heavy (non-hydrogen) atoms. The van der Waals surface area contributed by atoms with Crippen molar-refractivity contribution in [3.63, 3.8) is 0 Å². The number of likely N-dealkylation sites (tertiary alicyclic amines) is 2. The van der Waals surface area contributed by atoms with Crippen molar-refractivity contribution in [2.75, 3.05) is 14.1 Å². The quantitative estimate of drug-likeness (QED) is 0.745. The van der Waals surface area contributed by atoms with E-state index in [1.807, 2.05) is 0 Å². The van der Waals surface area contributed by atoms with Gasteiger partial charge in [-0.1, -0.05) is 85.1 Å². The SMILES string of the molecule is CN1C(=S)C2C(C(=S)N(C)C2c2ccccc2)C1c1ccccc1. The topological polar surface area (TPSA) is 6.48 Å². The highest BCUT2D eigenvalue weighted by molar-refractivity contribution is 7.81. The van der Waals surface area contributed by atoms with E-state index >= 15 is 0 Å². The summed E-state index contributed by atoms with van der Waals surface area (Å²) in [6.45, 7) is 0. The van der Waals surface area contributed by atoms with Crippen LogP contribution in [0.3, 0.4) is 0 Å². The van der Waals surface area contributed by atoms with E-state index in [0.29, 0.717) is 0 Å². The largest absolute Gasteiger partial charge is 0.361 e. The molecule has 2 aromatic rings. The van der Waals surface area contributed by atoms with Crippen LogP contribution < -0.4 is 0 Å². The average Bonchev–Trinajstić information content (AvgIpc) is 3.02. The fourth-order valence-corrected chi connectivity index (χ4v) is 5.14. The first kappa shape index (κ1) is 15.7.